The summed E-state index contributed by atoms with van der Waals surface area (Å²) in [6.45, 7) is 8.47. The van der Waals surface area contributed by atoms with Gasteiger partial charge in [0.05, 0.1) is 6.10 Å². The lowest BCUT2D eigenvalue weighted by Gasteiger charge is -2.25. The van der Waals surface area contributed by atoms with Crippen LogP contribution in [-0.2, 0) is 0 Å². The zero-order chi connectivity index (χ0) is 16.8. The number of aliphatic hydroxyl groups is 1. The Labute approximate surface area is 132 Å². The largest absolute Gasteiger partial charge is 0.391 e. The number of carbonyl (C=O) groups is 2. The number of nitrogens with one attached hydrogen (secondary N) is 2. The highest BCUT2D eigenvalue weighted by molar-refractivity contribution is 5.99. The van der Waals surface area contributed by atoms with Crippen LogP contribution in [0.25, 0.3) is 0 Å². The number of amides is 2. The van der Waals surface area contributed by atoms with Crippen molar-refractivity contribution >= 4 is 11.8 Å². The Bertz CT molecular complexity index is 521. The van der Waals surface area contributed by atoms with Gasteiger partial charge >= 0.3 is 0 Å². The van der Waals surface area contributed by atoms with Crippen molar-refractivity contribution in [3.63, 3.8) is 0 Å². The summed E-state index contributed by atoms with van der Waals surface area (Å²) < 4.78 is 0. The van der Waals surface area contributed by atoms with Crippen molar-refractivity contribution in [1.29, 1.82) is 0 Å². The molecule has 3 N–H and O–H groups in total. The van der Waals surface area contributed by atoms with Crippen LogP contribution < -0.4 is 10.6 Å². The van der Waals surface area contributed by atoms with Crippen LogP contribution in [0.2, 0.25) is 0 Å². The lowest BCUT2D eigenvalue weighted by Crippen LogP contribution is -2.39. The molecule has 0 radical (unpaired) electrons. The minimum absolute atomic E-state index is 0.175. The molecule has 122 valence electrons. The highest BCUT2D eigenvalue weighted by Crippen LogP contribution is 2.18. The molecule has 1 aromatic carbocycles. The molecule has 0 aromatic heterocycles. The summed E-state index contributed by atoms with van der Waals surface area (Å²) in [6, 6.07) is 6.56. The van der Waals surface area contributed by atoms with E-state index in [1.165, 1.54) is 0 Å². The number of rotatable bonds is 6. The quantitative estimate of drug-likeness (QED) is 0.752. The Balaban J connectivity index is 2.68. The standard InChI is InChI=1S/C17H26N2O3/c1-5-9-18-15(21)12-7-6-8-13(10-12)16(22)19-11-14(20)17(2,3)4/h6-8,10,14,20H,5,9,11H2,1-4H3,(H,18,21)(H,19,22). The Morgan fingerprint density at radius 2 is 1.68 bits per heavy atom. The number of hydrogen-bond donors (Lipinski definition) is 3. The Morgan fingerprint density at radius 3 is 2.18 bits per heavy atom. The van der Waals surface area contributed by atoms with Crippen LogP contribution in [0.15, 0.2) is 24.3 Å². The lowest BCUT2D eigenvalue weighted by atomic mass is 9.89. The highest BCUT2D eigenvalue weighted by Gasteiger charge is 2.22. The summed E-state index contributed by atoms with van der Waals surface area (Å²) in [5, 5.41) is 15.4. The summed E-state index contributed by atoms with van der Waals surface area (Å²) in [4.78, 5) is 24.0. The van der Waals surface area contributed by atoms with Gasteiger partial charge in [0, 0.05) is 24.2 Å². The first-order chi connectivity index (χ1) is 10.3. The molecule has 2 amide bonds. The second-order valence-electron chi connectivity index (χ2n) is 6.43. The van der Waals surface area contributed by atoms with Crippen molar-refractivity contribution in [3.8, 4) is 0 Å². The summed E-state index contributed by atoms with van der Waals surface area (Å²) in [7, 11) is 0. The maximum absolute atomic E-state index is 12.1. The first-order valence-electron chi connectivity index (χ1n) is 7.60. The summed E-state index contributed by atoms with van der Waals surface area (Å²) in [5.74, 6) is -0.486. The van der Waals surface area contributed by atoms with Crippen LogP contribution in [0.5, 0.6) is 0 Å². The predicted octanol–water partition coefficient (Wildman–Crippen LogP) is 1.96. The number of hydrogen-bond acceptors (Lipinski definition) is 3. The van der Waals surface area contributed by atoms with E-state index in [1.807, 2.05) is 27.7 Å². The second-order valence-corrected chi connectivity index (χ2v) is 6.43. The van der Waals surface area contributed by atoms with Crippen molar-refractivity contribution in [1.82, 2.24) is 10.6 Å². The van der Waals surface area contributed by atoms with Crippen LogP contribution in [0.3, 0.4) is 0 Å². The van der Waals surface area contributed by atoms with Gasteiger partial charge in [-0.15, -0.1) is 0 Å². The second kappa shape index (κ2) is 7.94. The Morgan fingerprint density at radius 1 is 1.14 bits per heavy atom. The monoisotopic (exact) mass is 306 g/mol. The van der Waals surface area contributed by atoms with Crippen molar-refractivity contribution in [2.24, 2.45) is 5.41 Å². The zero-order valence-corrected chi connectivity index (χ0v) is 13.8. The third-order valence-electron chi connectivity index (χ3n) is 3.38. The molecule has 0 saturated heterocycles. The molecular weight excluding hydrogens is 280 g/mol. The molecule has 1 rings (SSSR count). The van der Waals surface area contributed by atoms with Gasteiger partial charge in [0.2, 0.25) is 0 Å². The van der Waals surface area contributed by atoms with Crippen LogP contribution in [0.1, 0.15) is 54.8 Å². The van der Waals surface area contributed by atoms with Gasteiger partial charge in [0.1, 0.15) is 0 Å². The van der Waals surface area contributed by atoms with Gasteiger partial charge in [-0.25, -0.2) is 0 Å². The third kappa shape index (κ3) is 5.48. The van der Waals surface area contributed by atoms with E-state index in [2.05, 4.69) is 10.6 Å². The molecule has 0 spiro atoms. The zero-order valence-electron chi connectivity index (χ0n) is 13.8. The molecule has 22 heavy (non-hydrogen) atoms. The minimum atomic E-state index is -0.632. The molecule has 0 aliphatic rings. The van der Waals surface area contributed by atoms with Crippen LogP contribution >= 0.6 is 0 Å². The van der Waals surface area contributed by atoms with Gasteiger partial charge in [-0.2, -0.15) is 0 Å². The van der Waals surface area contributed by atoms with E-state index in [0.717, 1.165) is 6.42 Å². The van der Waals surface area contributed by atoms with E-state index >= 15 is 0 Å². The predicted molar refractivity (Wildman–Crippen MR) is 86.9 cm³/mol. The molecule has 0 saturated carbocycles. The molecule has 1 atom stereocenters. The van der Waals surface area contributed by atoms with E-state index in [0.29, 0.717) is 17.7 Å². The fourth-order valence-electron chi connectivity index (χ4n) is 1.74. The molecular formula is C17H26N2O3. The van der Waals surface area contributed by atoms with Gasteiger partial charge in [0.15, 0.2) is 0 Å². The van der Waals surface area contributed by atoms with E-state index in [9.17, 15) is 14.7 Å². The fraction of sp³-hybridized carbons (Fsp3) is 0.529. The molecule has 0 heterocycles. The van der Waals surface area contributed by atoms with Crippen molar-refractivity contribution in [3.05, 3.63) is 35.4 Å². The first kappa shape index (κ1) is 18.2. The van der Waals surface area contributed by atoms with Crippen molar-refractivity contribution < 1.29 is 14.7 Å². The van der Waals surface area contributed by atoms with Gasteiger partial charge in [0.25, 0.3) is 11.8 Å². The van der Waals surface area contributed by atoms with Crippen molar-refractivity contribution in [2.75, 3.05) is 13.1 Å². The topological polar surface area (TPSA) is 78.4 Å². The van der Waals surface area contributed by atoms with E-state index in [1.54, 1.807) is 24.3 Å². The third-order valence-corrected chi connectivity index (χ3v) is 3.38. The van der Waals surface area contributed by atoms with Crippen LogP contribution in [0, 0.1) is 5.41 Å². The maximum atomic E-state index is 12.1. The van der Waals surface area contributed by atoms with E-state index < -0.39 is 6.10 Å². The molecule has 1 aromatic rings. The average Bonchev–Trinajstić information content (AvgIpc) is 2.48. The first-order valence-corrected chi connectivity index (χ1v) is 7.60. The van der Waals surface area contributed by atoms with E-state index in [-0.39, 0.29) is 23.8 Å². The van der Waals surface area contributed by atoms with Gasteiger partial charge in [-0.1, -0.05) is 33.8 Å². The Kier molecular flexibility index (Phi) is 6.56. The highest BCUT2D eigenvalue weighted by atomic mass is 16.3. The maximum Gasteiger partial charge on any atom is 0.251 e. The van der Waals surface area contributed by atoms with E-state index in [4.69, 9.17) is 0 Å². The minimum Gasteiger partial charge on any atom is -0.391 e. The van der Waals surface area contributed by atoms with Crippen LogP contribution in [-0.4, -0.2) is 36.1 Å². The van der Waals surface area contributed by atoms with Gasteiger partial charge in [-0.3, -0.25) is 9.59 Å². The van der Waals surface area contributed by atoms with Crippen LogP contribution in [0.4, 0.5) is 0 Å². The van der Waals surface area contributed by atoms with Gasteiger partial charge in [-0.05, 0) is 30.0 Å². The summed E-state index contributed by atoms with van der Waals surface area (Å²) in [5.41, 5.74) is 0.567. The number of benzene rings is 1. The molecule has 5 nitrogen and oxygen atoms in total. The SMILES string of the molecule is CCCNC(=O)c1cccc(C(=O)NCC(O)C(C)(C)C)c1. The molecule has 5 heteroatoms. The smallest absolute Gasteiger partial charge is 0.251 e. The molecule has 1 unspecified atom stereocenters. The summed E-state index contributed by atoms with van der Waals surface area (Å²) in [6.07, 6.45) is 0.226. The lowest BCUT2D eigenvalue weighted by molar-refractivity contribution is 0.0587. The average molecular weight is 306 g/mol. The molecule has 0 fully saturated rings. The van der Waals surface area contributed by atoms with Crippen molar-refractivity contribution in [2.45, 2.75) is 40.2 Å². The molecule has 0 bridgehead atoms. The number of aliphatic hydroxyl groups excluding tert-OH is 1. The molecule has 0 aliphatic heterocycles. The fourth-order valence-corrected chi connectivity index (χ4v) is 1.74. The number of carbonyl (C=O) groups excluding carboxylic acids is 2. The van der Waals surface area contributed by atoms with Gasteiger partial charge < -0.3 is 15.7 Å². The summed E-state index contributed by atoms with van der Waals surface area (Å²) >= 11 is 0. The molecule has 0 aliphatic carbocycles. The Hall–Kier alpha value is -1.88. The normalized spacial score (nSPS) is 12.6.